The third-order valence-electron chi connectivity index (χ3n) is 19.2. The summed E-state index contributed by atoms with van der Waals surface area (Å²) >= 11 is 0. The summed E-state index contributed by atoms with van der Waals surface area (Å²) in [4.78, 5) is 58.9. The molecule has 0 aliphatic rings. The SMILES string of the molecule is CC/C=C\C/C=C\C/C=C\C/C=C\C/C=C\C/C=C\CCCCCCCCCCCCCCC(=O)OCC(O)COP(=O)(O)OCC(O)COP(=O)(O)OCC(COC(=O)CCCCCCCCCCCCCCC/C=C\C/C=C\C/C=C\C/C=C\CCCCC)OC(=O)CCCCCCCCCCCCCCCCC. The molecule has 0 aliphatic carbocycles. The van der Waals surface area contributed by atoms with Gasteiger partial charge in [-0.05, 0) is 116 Å². The van der Waals surface area contributed by atoms with Crippen LogP contribution in [0.15, 0.2) is 122 Å². The van der Waals surface area contributed by atoms with Crippen molar-refractivity contribution in [2.75, 3.05) is 39.6 Å². The number of hydrogen-bond acceptors (Lipinski definition) is 14. The normalized spacial score (nSPS) is 14.4. The Morgan fingerprint density at radius 3 is 0.775 bits per heavy atom. The lowest BCUT2D eigenvalue weighted by Gasteiger charge is -2.21. The molecule has 0 rings (SSSR count). The minimum Gasteiger partial charge on any atom is -0.463 e. The predicted octanol–water partition coefficient (Wildman–Crippen LogP) is 27.2. The number of phosphoric acid groups is 2. The number of ether oxygens (including phenoxy) is 3. The summed E-state index contributed by atoms with van der Waals surface area (Å²) in [7, 11) is -9.79. The van der Waals surface area contributed by atoms with Crippen LogP contribution in [-0.4, -0.2) is 95.9 Å². The number of rotatable bonds is 85. The van der Waals surface area contributed by atoms with E-state index < -0.39 is 91.5 Å². The molecule has 0 fully saturated rings. The quantitative estimate of drug-likeness (QED) is 0.0146. The molecule has 0 spiro atoms. The lowest BCUT2D eigenvalue weighted by molar-refractivity contribution is -0.161. The van der Waals surface area contributed by atoms with Crippen LogP contribution in [0.5, 0.6) is 0 Å². The van der Waals surface area contributed by atoms with Crippen LogP contribution in [0, 0.1) is 0 Å². The fourth-order valence-corrected chi connectivity index (χ4v) is 14.0. The highest BCUT2D eigenvalue weighted by Crippen LogP contribution is 2.45. The monoisotopic (exact) mass is 1600 g/mol. The predicted molar refractivity (Wildman–Crippen MR) is 463 cm³/mol. The molecule has 0 radical (unpaired) electrons. The van der Waals surface area contributed by atoms with Crippen molar-refractivity contribution in [3.8, 4) is 0 Å². The first-order valence-corrected chi connectivity index (χ1v) is 47.8. The third-order valence-corrected chi connectivity index (χ3v) is 21.1. The number of aliphatic hydroxyl groups excluding tert-OH is 2. The second kappa shape index (κ2) is 85.3. The second-order valence-corrected chi connectivity index (χ2v) is 32.9. The number of hydrogen-bond donors (Lipinski definition) is 4. The van der Waals surface area contributed by atoms with E-state index in [0.29, 0.717) is 19.3 Å². The fourth-order valence-electron chi connectivity index (χ4n) is 12.4. The standard InChI is InChI=1S/C93H164O16P2/c1-4-7-10-13-16-19-22-25-28-30-32-34-36-38-40-42-43-45-47-48-50-52-54-56-59-61-64-67-70-73-76-79-91(96)103-82-88(94)83-105-110(99,100)106-84-89(95)85-107-111(101,102)108-87-90(109-93(98)81-78-75-72-69-66-63-58-27-24-21-18-15-12-9-6-3)86-104-92(97)80-77-74-71-68-65-62-60-57-55-53-51-49-46-44-41-39-37-35-33-31-29-26-23-20-17-14-11-8-5-2/h7,10,16-17,19-20,25-26,28-29,32-35,38-41,43,45,88-90,94-95H,4-6,8-9,11-15,18,21-24,27,30-31,36-37,42,44,46-87H2,1-3H3,(H,99,100)(H,101,102)/b10-7-,19-16-,20-17-,28-25-,29-26-,34-32-,35-33-,40-38-,41-39-,45-43-. The molecule has 18 heteroatoms. The number of carbonyl (C=O) groups is 3. The molecular weight excluding hydrogens is 1430 g/mol. The number of allylic oxidation sites excluding steroid dienone is 20. The van der Waals surface area contributed by atoms with Gasteiger partial charge in [-0.25, -0.2) is 9.13 Å². The van der Waals surface area contributed by atoms with E-state index >= 15 is 0 Å². The van der Waals surface area contributed by atoms with Gasteiger partial charge in [-0.1, -0.05) is 380 Å². The van der Waals surface area contributed by atoms with Gasteiger partial charge < -0.3 is 34.2 Å². The van der Waals surface area contributed by atoms with Gasteiger partial charge in [0.25, 0.3) is 0 Å². The molecule has 111 heavy (non-hydrogen) atoms. The van der Waals surface area contributed by atoms with Crippen LogP contribution in [0.4, 0.5) is 0 Å². The zero-order valence-electron chi connectivity index (χ0n) is 70.6. The molecule has 0 saturated heterocycles. The van der Waals surface area contributed by atoms with Crippen LogP contribution in [-0.2, 0) is 55.8 Å². The summed E-state index contributed by atoms with van der Waals surface area (Å²) in [6, 6.07) is 0. The number of carbonyl (C=O) groups excluding carboxylic acids is 3. The van der Waals surface area contributed by atoms with E-state index in [1.807, 2.05) is 0 Å². The zero-order valence-corrected chi connectivity index (χ0v) is 72.4. The molecule has 4 N–H and O–H groups in total. The summed E-state index contributed by atoms with van der Waals surface area (Å²) in [5, 5.41) is 20.7. The molecule has 16 nitrogen and oxygen atoms in total. The van der Waals surface area contributed by atoms with Gasteiger partial charge in [0, 0.05) is 19.3 Å². The summed E-state index contributed by atoms with van der Waals surface area (Å²) in [6.45, 7) is 2.60. The Morgan fingerprint density at radius 2 is 0.477 bits per heavy atom. The Morgan fingerprint density at radius 1 is 0.261 bits per heavy atom. The van der Waals surface area contributed by atoms with Gasteiger partial charge >= 0.3 is 33.6 Å². The van der Waals surface area contributed by atoms with E-state index in [4.69, 9.17) is 32.3 Å². The van der Waals surface area contributed by atoms with Gasteiger partial charge in [0.2, 0.25) is 0 Å². The number of aliphatic hydroxyl groups is 2. The van der Waals surface area contributed by atoms with Crippen LogP contribution in [0.25, 0.3) is 0 Å². The zero-order chi connectivity index (χ0) is 80.8. The Kier molecular flexibility index (Phi) is 82.2. The molecule has 0 aromatic carbocycles. The minimum absolute atomic E-state index is 0.109. The van der Waals surface area contributed by atoms with Crippen molar-refractivity contribution in [3.05, 3.63) is 122 Å². The largest absolute Gasteiger partial charge is 0.472 e. The lowest BCUT2D eigenvalue weighted by atomic mass is 10.0. The minimum atomic E-state index is -4.93. The van der Waals surface area contributed by atoms with E-state index in [9.17, 15) is 43.5 Å². The highest BCUT2D eigenvalue weighted by Gasteiger charge is 2.29. The van der Waals surface area contributed by atoms with Crippen molar-refractivity contribution < 1.29 is 75.8 Å². The summed E-state index contributed by atoms with van der Waals surface area (Å²) in [5.41, 5.74) is 0. The molecule has 5 atom stereocenters. The van der Waals surface area contributed by atoms with E-state index in [-0.39, 0.29) is 19.3 Å². The van der Waals surface area contributed by atoms with Gasteiger partial charge in [0.1, 0.15) is 25.4 Å². The molecule has 0 aromatic rings. The number of esters is 3. The van der Waals surface area contributed by atoms with Crippen molar-refractivity contribution in [2.45, 2.75) is 411 Å². The first-order valence-electron chi connectivity index (χ1n) is 44.8. The maximum absolute atomic E-state index is 13.0. The summed E-state index contributed by atoms with van der Waals surface area (Å²) < 4.78 is 61.4. The van der Waals surface area contributed by atoms with Gasteiger partial charge in [0.05, 0.1) is 26.4 Å². The highest BCUT2D eigenvalue weighted by molar-refractivity contribution is 7.47. The van der Waals surface area contributed by atoms with Crippen molar-refractivity contribution in [1.29, 1.82) is 0 Å². The Labute approximate surface area is 678 Å². The van der Waals surface area contributed by atoms with Crippen LogP contribution >= 0.6 is 15.6 Å². The maximum Gasteiger partial charge on any atom is 0.472 e. The average molecular weight is 1600 g/mol. The number of unbranched alkanes of at least 4 members (excludes halogenated alkanes) is 42. The Balaban J connectivity index is 4.48. The van der Waals surface area contributed by atoms with Crippen molar-refractivity contribution >= 4 is 33.6 Å². The van der Waals surface area contributed by atoms with Gasteiger partial charge in [-0.2, -0.15) is 0 Å². The summed E-state index contributed by atoms with van der Waals surface area (Å²) in [5.74, 6) is -1.56. The molecular formula is C93H164O16P2. The van der Waals surface area contributed by atoms with Crippen molar-refractivity contribution in [3.63, 3.8) is 0 Å². The average Bonchev–Trinajstić information content (AvgIpc) is 0.908. The highest BCUT2D eigenvalue weighted by atomic mass is 31.2. The molecule has 0 bridgehead atoms. The third kappa shape index (κ3) is 86.6. The van der Waals surface area contributed by atoms with E-state index in [2.05, 4.69) is 142 Å². The van der Waals surface area contributed by atoms with E-state index in [0.717, 1.165) is 135 Å². The van der Waals surface area contributed by atoms with Crippen LogP contribution in [0.3, 0.4) is 0 Å². The molecule has 0 heterocycles. The lowest BCUT2D eigenvalue weighted by Crippen LogP contribution is -2.30. The first-order chi connectivity index (χ1) is 54.2. The Hall–Kier alpha value is -4.05. The second-order valence-electron chi connectivity index (χ2n) is 30.0. The molecule has 0 aromatic heterocycles. The van der Waals surface area contributed by atoms with Crippen molar-refractivity contribution in [1.82, 2.24) is 0 Å². The van der Waals surface area contributed by atoms with Crippen LogP contribution in [0.2, 0.25) is 0 Å². The number of phosphoric ester groups is 2. The molecule has 0 saturated carbocycles. The fraction of sp³-hybridized carbons (Fsp3) is 0.753. The van der Waals surface area contributed by atoms with Gasteiger partial charge in [-0.3, -0.25) is 32.5 Å². The van der Waals surface area contributed by atoms with Gasteiger partial charge in [0.15, 0.2) is 6.10 Å². The molecule has 0 aliphatic heterocycles. The Bertz CT molecular complexity index is 2500. The van der Waals surface area contributed by atoms with Crippen LogP contribution in [0.1, 0.15) is 393 Å². The van der Waals surface area contributed by atoms with E-state index in [1.165, 1.54) is 199 Å². The molecule has 5 unspecified atom stereocenters. The maximum atomic E-state index is 13.0. The van der Waals surface area contributed by atoms with Crippen LogP contribution < -0.4 is 0 Å². The van der Waals surface area contributed by atoms with E-state index in [1.54, 1.807) is 0 Å². The van der Waals surface area contributed by atoms with Gasteiger partial charge in [-0.15, -0.1) is 0 Å². The topological polar surface area (TPSA) is 231 Å². The molecule has 0 amide bonds. The molecule has 642 valence electrons. The summed E-state index contributed by atoms with van der Waals surface area (Å²) in [6.07, 6.45) is 104. The smallest absolute Gasteiger partial charge is 0.463 e. The van der Waals surface area contributed by atoms with Crippen molar-refractivity contribution in [2.24, 2.45) is 0 Å². The first kappa shape index (κ1) is 107.